The van der Waals surface area contributed by atoms with E-state index in [1.54, 1.807) is 0 Å². The topological polar surface area (TPSA) is 162 Å². The van der Waals surface area contributed by atoms with Crippen LogP contribution in [0.1, 0.15) is 18.4 Å². The number of benzene rings is 1. The average Bonchev–Trinajstić information content (AvgIpc) is 3.20. The first-order chi connectivity index (χ1) is 13.8. The number of rotatable bonds is 9. The lowest BCUT2D eigenvalue weighted by molar-refractivity contribution is -0.144. The van der Waals surface area contributed by atoms with Gasteiger partial charge in [-0.25, -0.2) is 4.79 Å². The number of carbonyl (C=O) groups is 4. The molecule has 1 heterocycles. The normalized spacial score (nSPS) is 18.0. The van der Waals surface area contributed by atoms with Gasteiger partial charge in [0.2, 0.25) is 17.7 Å². The molecule has 2 rings (SSSR count). The number of amides is 3. The molecule has 1 saturated heterocycles. The lowest BCUT2D eigenvalue weighted by Crippen LogP contribution is -2.54. The number of likely N-dealkylation sites (tertiary alicyclic amines) is 1. The van der Waals surface area contributed by atoms with Gasteiger partial charge in [-0.2, -0.15) is 0 Å². The number of nitrogens with one attached hydrogen (secondary N) is 2. The van der Waals surface area contributed by atoms with E-state index in [1.165, 1.54) is 4.90 Å². The van der Waals surface area contributed by atoms with Crippen LogP contribution in [0, 0.1) is 0 Å². The number of aliphatic hydroxyl groups is 1. The van der Waals surface area contributed by atoms with Crippen LogP contribution in [0.5, 0.6) is 0 Å². The Morgan fingerprint density at radius 2 is 1.90 bits per heavy atom. The Kier molecular flexibility index (Phi) is 8.10. The van der Waals surface area contributed by atoms with Crippen LogP contribution >= 0.6 is 0 Å². The van der Waals surface area contributed by atoms with Crippen LogP contribution in [0.25, 0.3) is 0 Å². The molecule has 1 fully saturated rings. The molecule has 0 bridgehead atoms. The number of carboxylic acids is 1. The molecule has 29 heavy (non-hydrogen) atoms. The molecule has 3 amide bonds. The van der Waals surface area contributed by atoms with E-state index in [4.69, 9.17) is 15.9 Å². The van der Waals surface area contributed by atoms with Crippen LogP contribution in [0.2, 0.25) is 0 Å². The summed E-state index contributed by atoms with van der Waals surface area (Å²) in [7, 11) is 0. The molecule has 1 aromatic carbocycles. The molecule has 10 heteroatoms. The van der Waals surface area contributed by atoms with Gasteiger partial charge in [-0.1, -0.05) is 30.3 Å². The number of hydrogen-bond donors (Lipinski definition) is 5. The van der Waals surface area contributed by atoms with Crippen molar-refractivity contribution in [2.24, 2.45) is 5.73 Å². The summed E-state index contributed by atoms with van der Waals surface area (Å²) in [5.74, 6) is -2.95. The molecule has 0 aromatic heterocycles. The highest BCUT2D eigenvalue weighted by Gasteiger charge is 2.35. The number of aliphatic hydroxyl groups excluding tert-OH is 1. The smallest absolute Gasteiger partial charge is 0.328 e. The number of aliphatic carboxylic acids is 1. The van der Waals surface area contributed by atoms with Gasteiger partial charge >= 0.3 is 5.97 Å². The number of nitrogens with zero attached hydrogens (tertiary/aromatic N) is 1. The van der Waals surface area contributed by atoms with Gasteiger partial charge in [-0.3, -0.25) is 14.4 Å². The molecule has 1 aliphatic heterocycles. The number of carbonyl (C=O) groups excluding carboxylic acids is 3. The summed E-state index contributed by atoms with van der Waals surface area (Å²) in [5, 5.41) is 22.7. The van der Waals surface area contributed by atoms with Crippen molar-refractivity contribution in [3.8, 4) is 0 Å². The molecule has 0 saturated carbocycles. The predicted molar refractivity (Wildman–Crippen MR) is 103 cm³/mol. The standard InChI is InChI=1S/C19H26N4O6/c20-13(9-12-5-2-1-3-6-12)17(26)21-10-16(25)23-8-4-7-15(23)18(27)22-14(11-24)19(28)29/h1-3,5-6,13-15,24H,4,7-11,20H2,(H,21,26)(H,22,27)(H,28,29). The summed E-state index contributed by atoms with van der Waals surface area (Å²) in [4.78, 5) is 49.2. The first kappa shape index (κ1) is 22.3. The first-order valence-electron chi connectivity index (χ1n) is 9.34. The van der Waals surface area contributed by atoms with Crippen molar-refractivity contribution in [2.45, 2.75) is 37.4 Å². The summed E-state index contributed by atoms with van der Waals surface area (Å²) >= 11 is 0. The van der Waals surface area contributed by atoms with E-state index in [0.717, 1.165) is 5.56 Å². The third kappa shape index (κ3) is 6.26. The van der Waals surface area contributed by atoms with E-state index < -0.39 is 48.4 Å². The Labute approximate surface area is 168 Å². The van der Waals surface area contributed by atoms with Crippen LogP contribution in [0.3, 0.4) is 0 Å². The maximum atomic E-state index is 12.5. The zero-order valence-electron chi connectivity index (χ0n) is 15.9. The molecule has 0 aliphatic carbocycles. The molecular weight excluding hydrogens is 380 g/mol. The van der Waals surface area contributed by atoms with E-state index in [-0.39, 0.29) is 6.54 Å². The second-order valence-electron chi connectivity index (χ2n) is 6.84. The molecule has 3 atom stereocenters. The Hall–Kier alpha value is -2.98. The van der Waals surface area contributed by atoms with Crippen LogP contribution in [0.4, 0.5) is 0 Å². The van der Waals surface area contributed by atoms with Gasteiger partial charge in [0.15, 0.2) is 0 Å². The van der Waals surface area contributed by atoms with Crippen molar-refractivity contribution in [2.75, 3.05) is 19.7 Å². The predicted octanol–water partition coefficient (Wildman–Crippen LogP) is -1.77. The SMILES string of the molecule is NC(Cc1ccccc1)C(=O)NCC(=O)N1CCCC1C(=O)NC(CO)C(=O)O. The van der Waals surface area contributed by atoms with Crippen molar-refractivity contribution < 1.29 is 29.4 Å². The average molecular weight is 406 g/mol. The van der Waals surface area contributed by atoms with Gasteiger partial charge in [0.05, 0.1) is 19.2 Å². The summed E-state index contributed by atoms with van der Waals surface area (Å²) in [6.45, 7) is -0.746. The van der Waals surface area contributed by atoms with Crippen molar-refractivity contribution in [3.05, 3.63) is 35.9 Å². The van der Waals surface area contributed by atoms with Crippen molar-refractivity contribution >= 4 is 23.7 Å². The fraction of sp³-hybridized carbons (Fsp3) is 0.474. The molecular formula is C19H26N4O6. The minimum atomic E-state index is -1.43. The fourth-order valence-electron chi connectivity index (χ4n) is 3.15. The molecule has 0 radical (unpaired) electrons. The highest BCUT2D eigenvalue weighted by molar-refractivity contribution is 5.93. The van der Waals surface area contributed by atoms with Gasteiger partial charge in [-0.05, 0) is 24.8 Å². The lowest BCUT2D eigenvalue weighted by atomic mass is 10.1. The van der Waals surface area contributed by atoms with Gasteiger partial charge in [0.1, 0.15) is 12.1 Å². The first-order valence-corrected chi connectivity index (χ1v) is 9.34. The van der Waals surface area contributed by atoms with E-state index in [1.807, 2.05) is 30.3 Å². The Morgan fingerprint density at radius 3 is 2.52 bits per heavy atom. The maximum absolute atomic E-state index is 12.5. The Bertz CT molecular complexity index is 741. The van der Waals surface area contributed by atoms with Crippen LogP contribution in [-0.4, -0.2) is 76.6 Å². The minimum Gasteiger partial charge on any atom is -0.480 e. The van der Waals surface area contributed by atoms with Gasteiger partial charge in [0.25, 0.3) is 0 Å². The summed E-state index contributed by atoms with van der Waals surface area (Å²) in [6.07, 6.45) is 1.27. The summed E-state index contributed by atoms with van der Waals surface area (Å²) in [6, 6.07) is 6.15. The van der Waals surface area contributed by atoms with E-state index in [9.17, 15) is 19.2 Å². The van der Waals surface area contributed by atoms with Crippen LogP contribution in [0.15, 0.2) is 30.3 Å². The molecule has 0 spiro atoms. The highest BCUT2D eigenvalue weighted by atomic mass is 16.4. The second-order valence-corrected chi connectivity index (χ2v) is 6.84. The zero-order chi connectivity index (χ0) is 21.4. The second kappa shape index (κ2) is 10.5. The Morgan fingerprint density at radius 1 is 1.21 bits per heavy atom. The summed E-state index contributed by atoms with van der Waals surface area (Å²) < 4.78 is 0. The minimum absolute atomic E-state index is 0.312. The number of nitrogens with two attached hydrogens (primary N) is 1. The van der Waals surface area contributed by atoms with Gasteiger partial charge in [-0.15, -0.1) is 0 Å². The lowest BCUT2D eigenvalue weighted by Gasteiger charge is -2.25. The number of hydrogen-bond acceptors (Lipinski definition) is 6. The van der Waals surface area contributed by atoms with Gasteiger partial charge < -0.3 is 31.5 Å². The maximum Gasteiger partial charge on any atom is 0.328 e. The van der Waals surface area contributed by atoms with Crippen molar-refractivity contribution in [3.63, 3.8) is 0 Å². The molecule has 6 N–H and O–H groups in total. The van der Waals surface area contributed by atoms with Crippen molar-refractivity contribution in [1.29, 1.82) is 0 Å². The van der Waals surface area contributed by atoms with E-state index in [2.05, 4.69) is 10.6 Å². The number of carboxylic acid groups (broad SMARTS) is 1. The van der Waals surface area contributed by atoms with Crippen molar-refractivity contribution in [1.82, 2.24) is 15.5 Å². The Balaban J connectivity index is 1.86. The highest BCUT2D eigenvalue weighted by Crippen LogP contribution is 2.17. The monoisotopic (exact) mass is 406 g/mol. The molecule has 1 aliphatic rings. The largest absolute Gasteiger partial charge is 0.480 e. The molecule has 1 aromatic rings. The fourth-order valence-corrected chi connectivity index (χ4v) is 3.15. The van der Waals surface area contributed by atoms with E-state index >= 15 is 0 Å². The third-order valence-corrected chi connectivity index (χ3v) is 4.72. The third-order valence-electron chi connectivity index (χ3n) is 4.72. The molecule has 3 unspecified atom stereocenters. The van der Waals surface area contributed by atoms with Crippen LogP contribution < -0.4 is 16.4 Å². The molecule has 10 nitrogen and oxygen atoms in total. The van der Waals surface area contributed by atoms with Gasteiger partial charge in [0, 0.05) is 6.54 Å². The molecule has 158 valence electrons. The van der Waals surface area contributed by atoms with Crippen LogP contribution in [-0.2, 0) is 25.6 Å². The van der Waals surface area contributed by atoms with E-state index in [0.29, 0.717) is 25.8 Å². The quantitative estimate of drug-likeness (QED) is 0.324. The summed E-state index contributed by atoms with van der Waals surface area (Å²) in [5.41, 5.74) is 6.78. The zero-order valence-corrected chi connectivity index (χ0v) is 15.9.